The van der Waals surface area contributed by atoms with Crippen molar-refractivity contribution in [3.05, 3.63) is 35.5 Å². The molecule has 2 rings (SSSR count). The standard InChI is InChI=1S/C19H30N3O2/c1-6-17(24-5)16-12-15(13-21-14(16)2)18(23)20-9-11-22-10-7-8-19(22,3)4/h6,12-13,17H,7-11H2,1-5H3,(H,20,23). The van der Waals surface area contributed by atoms with Crippen LogP contribution in [-0.2, 0) is 4.74 Å². The van der Waals surface area contributed by atoms with Crippen molar-refractivity contribution in [1.82, 2.24) is 15.2 Å². The molecule has 0 bridgehead atoms. The summed E-state index contributed by atoms with van der Waals surface area (Å²) in [7, 11) is 1.66. The third-order valence-corrected chi connectivity index (χ3v) is 4.99. The van der Waals surface area contributed by atoms with Crippen LogP contribution in [0.5, 0.6) is 0 Å². The van der Waals surface area contributed by atoms with Gasteiger partial charge in [-0.2, -0.15) is 0 Å². The van der Waals surface area contributed by atoms with E-state index in [0.29, 0.717) is 12.1 Å². The SMILES string of the molecule is C[CH]C(OC)c1cc(C(=O)NCCN2CCCC2(C)C)cnc1C. The Balaban J connectivity index is 1.96. The lowest BCUT2D eigenvalue weighted by molar-refractivity contribution is 0.0938. The van der Waals surface area contributed by atoms with Crippen LogP contribution in [0.15, 0.2) is 12.3 Å². The molecule has 1 unspecified atom stereocenters. The highest BCUT2D eigenvalue weighted by Crippen LogP contribution is 2.27. The van der Waals surface area contributed by atoms with Crippen LogP contribution in [0.25, 0.3) is 0 Å². The van der Waals surface area contributed by atoms with Crippen LogP contribution in [-0.4, -0.2) is 48.1 Å². The molecule has 1 N–H and O–H groups in total. The molecular weight excluding hydrogens is 302 g/mol. The lowest BCUT2D eigenvalue weighted by Crippen LogP contribution is -2.43. The van der Waals surface area contributed by atoms with Crippen molar-refractivity contribution in [3.63, 3.8) is 0 Å². The molecule has 1 aliphatic rings. The van der Waals surface area contributed by atoms with Crippen molar-refractivity contribution < 1.29 is 9.53 Å². The number of aryl methyl sites for hydroxylation is 1. The average Bonchev–Trinajstić information content (AvgIpc) is 2.89. The molecule has 1 fully saturated rings. The summed E-state index contributed by atoms with van der Waals surface area (Å²) in [6.45, 7) is 11.1. The number of hydrogen-bond acceptors (Lipinski definition) is 4. The lowest BCUT2D eigenvalue weighted by atomic mass is 10.0. The number of amides is 1. The van der Waals surface area contributed by atoms with Crippen molar-refractivity contribution in [3.8, 4) is 0 Å². The van der Waals surface area contributed by atoms with Gasteiger partial charge in [-0.3, -0.25) is 14.7 Å². The van der Waals surface area contributed by atoms with Crippen LogP contribution in [0.3, 0.4) is 0 Å². The summed E-state index contributed by atoms with van der Waals surface area (Å²) in [6.07, 6.45) is 5.91. The first kappa shape index (κ1) is 18.9. The second kappa shape index (κ2) is 8.08. The van der Waals surface area contributed by atoms with Gasteiger partial charge in [0.25, 0.3) is 5.91 Å². The quantitative estimate of drug-likeness (QED) is 0.834. The number of ether oxygens (including phenoxy) is 1. The number of methoxy groups -OCH3 is 1. The maximum absolute atomic E-state index is 12.4. The van der Waals surface area contributed by atoms with Crippen LogP contribution in [0.1, 0.15) is 61.3 Å². The zero-order valence-electron chi connectivity index (χ0n) is 15.6. The average molecular weight is 332 g/mol. The first-order valence-corrected chi connectivity index (χ1v) is 8.71. The number of nitrogens with zero attached hydrogens (tertiary/aromatic N) is 2. The molecule has 5 heteroatoms. The number of pyridine rings is 1. The van der Waals surface area contributed by atoms with Gasteiger partial charge in [0.15, 0.2) is 0 Å². The van der Waals surface area contributed by atoms with Crippen LogP contribution >= 0.6 is 0 Å². The molecule has 1 aromatic rings. The molecule has 0 spiro atoms. The van der Waals surface area contributed by atoms with Gasteiger partial charge in [0.05, 0.1) is 11.7 Å². The second-order valence-corrected chi connectivity index (χ2v) is 7.05. The summed E-state index contributed by atoms with van der Waals surface area (Å²) in [5, 5.41) is 3.01. The number of carbonyl (C=O) groups excluding carboxylic acids is 1. The van der Waals surface area contributed by atoms with Gasteiger partial charge in [-0.1, -0.05) is 6.92 Å². The van der Waals surface area contributed by atoms with Gasteiger partial charge in [-0.15, -0.1) is 0 Å². The predicted octanol–water partition coefficient (Wildman–Crippen LogP) is 2.91. The van der Waals surface area contributed by atoms with Crippen LogP contribution in [0, 0.1) is 13.3 Å². The minimum absolute atomic E-state index is 0.0771. The van der Waals surface area contributed by atoms with Gasteiger partial charge in [0, 0.05) is 43.2 Å². The van der Waals surface area contributed by atoms with Crippen LogP contribution < -0.4 is 5.32 Å². The number of likely N-dealkylation sites (tertiary alicyclic amines) is 1. The molecule has 24 heavy (non-hydrogen) atoms. The van der Waals surface area contributed by atoms with Crippen LogP contribution in [0.2, 0.25) is 0 Å². The maximum atomic E-state index is 12.4. The van der Waals surface area contributed by atoms with E-state index in [0.717, 1.165) is 24.3 Å². The number of hydrogen-bond donors (Lipinski definition) is 1. The maximum Gasteiger partial charge on any atom is 0.252 e. The van der Waals surface area contributed by atoms with E-state index in [2.05, 4.69) is 29.0 Å². The molecule has 1 aliphatic heterocycles. The molecule has 1 aromatic heterocycles. The van der Waals surface area contributed by atoms with E-state index in [9.17, 15) is 4.79 Å². The molecule has 1 saturated heterocycles. The van der Waals surface area contributed by atoms with E-state index in [1.807, 2.05) is 26.3 Å². The summed E-state index contributed by atoms with van der Waals surface area (Å²) in [4.78, 5) is 19.2. The highest BCUT2D eigenvalue weighted by molar-refractivity contribution is 5.94. The van der Waals surface area contributed by atoms with E-state index in [4.69, 9.17) is 4.74 Å². The Hall–Kier alpha value is -1.46. The van der Waals surface area contributed by atoms with Crippen molar-refractivity contribution in [2.45, 2.75) is 52.2 Å². The largest absolute Gasteiger partial charge is 0.376 e. The summed E-state index contributed by atoms with van der Waals surface area (Å²) in [5.74, 6) is -0.0771. The smallest absolute Gasteiger partial charge is 0.252 e. The number of aromatic nitrogens is 1. The second-order valence-electron chi connectivity index (χ2n) is 7.05. The fraction of sp³-hybridized carbons (Fsp3) is 0.632. The Bertz CT molecular complexity index is 568. The van der Waals surface area contributed by atoms with Crippen molar-refractivity contribution in [2.75, 3.05) is 26.7 Å². The zero-order chi connectivity index (χ0) is 17.7. The number of carbonyl (C=O) groups is 1. The number of nitrogens with one attached hydrogen (secondary N) is 1. The molecule has 1 amide bonds. The van der Waals surface area contributed by atoms with Gasteiger partial charge >= 0.3 is 0 Å². The lowest BCUT2D eigenvalue weighted by Gasteiger charge is -2.31. The third kappa shape index (κ3) is 4.33. The van der Waals surface area contributed by atoms with Crippen molar-refractivity contribution in [2.24, 2.45) is 0 Å². The molecule has 5 nitrogen and oxygen atoms in total. The monoisotopic (exact) mass is 332 g/mol. The normalized spacial score (nSPS) is 18.5. The molecule has 0 saturated carbocycles. The molecule has 2 heterocycles. The topological polar surface area (TPSA) is 54.5 Å². The van der Waals surface area contributed by atoms with E-state index in [-0.39, 0.29) is 17.6 Å². The molecule has 0 aromatic carbocycles. The van der Waals surface area contributed by atoms with Gasteiger partial charge in [0.2, 0.25) is 0 Å². The third-order valence-electron chi connectivity index (χ3n) is 4.99. The summed E-state index contributed by atoms with van der Waals surface area (Å²) >= 11 is 0. The zero-order valence-corrected chi connectivity index (χ0v) is 15.6. The Kier molecular flexibility index (Phi) is 6.35. The molecule has 0 aliphatic carbocycles. The molecule has 1 radical (unpaired) electrons. The fourth-order valence-corrected chi connectivity index (χ4v) is 3.39. The Labute approximate surface area is 145 Å². The summed E-state index contributed by atoms with van der Waals surface area (Å²) in [5.41, 5.74) is 2.65. The van der Waals surface area contributed by atoms with Crippen LogP contribution in [0.4, 0.5) is 0 Å². The van der Waals surface area contributed by atoms with Gasteiger partial charge < -0.3 is 10.1 Å². The first-order chi connectivity index (χ1) is 11.4. The van der Waals surface area contributed by atoms with E-state index in [1.54, 1.807) is 13.3 Å². The minimum atomic E-state index is -0.143. The van der Waals surface area contributed by atoms with Gasteiger partial charge in [0.1, 0.15) is 0 Å². The predicted molar refractivity (Wildman–Crippen MR) is 95.9 cm³/mol. The molecule has 133 valence electrons. The van der Waals surface area contributed by atoms with Crippen molar-refractivity contribution >= 4 is 5.91 Å². The summed E-state index contributed by atoms with van der Waals surface area (Å²) in [6, 6.07) is 1.88. The molecular formula is C19H30N3O2. The highest BCUT2D eigenvalue weighted by atomic mass is 16.5. The number of rotatable bonds is 7. The van der Waals surface area contributed by atoms with Crippen molar-refractivity contribution in [1.29, 1.82) is 0 Å². The van der Waals surface area contributed by atoms with E-state index >= 15 is 0 Å². The van der Waals surface area contributed by atoms with E-state index < -0.39 is 0 Å². The summed E-state index contributed by atoms with van der Waals surface area (Å²) < 4.78 is 5.44. The van der Waals surface area contributed by atoms with Gasteiger partial charge in [-0.25, -0.2) is 0 Å². The minimum Gasteiger partial charge on any atom is -0.376 e. The Morgan fingerprint density at radius 2 is 2.29 bits per heavy atom. The Morgan fingerprint density at radius 1 is 1.54 bits per heavy atom. The van der Waals surface area contributed by atoms with Gasteiger partial charge in [-0.05, 0) is 52.6 Å². The highest BCUT2D eigenvalue weighted by Gasteiger charge is 2.31. The Morgan fingerprint density at radius 3 is 2.88 bits per heavy atom. The first-order valence-electron chi connectivity index (χ1n) is 8.71. The fourth-order valence-electron chi connectivity index (χ4n) is 3.39. The van der Waals surface area contributed by atoms with E-state index in [1.165, 1.54) is 12.8 Å². The molecule has 1 atom stereocenters.